The average molecular weight is 358 g/mol. The summed E-state index contributed by atoms with van der Waals surface area (Å²) in [5.41, 5.74) is 3.65. The van der Waals surface area contributed by atoms with E-state index in [-0.39, 0.29) is 0 Å². The molecule has 0 aliphatic heterocycles. The average Bonchev–Trinajstić information content (AvgIpc) is 2.85. The van der Waals surface area contributed by atoms with E-state index >= 15 is 0 Å². The van der Waals surface area contributed by atoms with Crippen molar-refractivity contribution in [2.24, 2.45) is 0 Å². The van der Waals surface area contributed by atoms with Gasteiger partial charge in [0, 0.05) is 32.0 Å². The Hall–Kier alpha value is -1.58. The molecule has 3 rings (SSSR count). The molecule has 0 spiro atoms. The van der Waals surface area contributed by atoms with Gasteiger partial charge in [0.25, 0.3) is 0 Å². The summed E-state index contributed by atoms with van der Waals surface area (Å²) >= 11 is 5.40. The quantitative estimate of drug-likeness (QED) is 0.594. The Morgan fingerprint density at radius 3 is 2.43 bits per heavy atom. The molecule has 3 aromatic rings. The monoisotopic (exact) mass is 357 g/mol. The van der Waals surface area contributed by atoms with E-state index in [2.05, 4.69) is 82.8 Å². The van der Waals surface area contributed by atoms with E-state index in [0.717, 1.165) is 6.54 Å². The molecule has 0 aliphatic rings. The minimum Gasteiger partial charge on any atom is -0.380 e. The molecule has 0 atom stereocenters. The summed E-state index contributed by atoms with van der Waals surface area (Å²) in [6.07, 6.45) is 0. The third-order valence-electron chi connectivity index (χ3n) is 3.37. The molecule has 2 aromatic carbocycles. The van der Waals surface area contributed by atoms with Crippen molar-refractivity contribution in [3.63, 3.8) is 0 Å². The molecule has 106 valence electrons. The van der Waals surface area contributed by atoms with Crippen LogP contribution in [0.1, 0.15) is 9.75 Å². The number of hydrogen-bond acceptors (Lipinski definition) is 2. The van der Waals surface area contributed by atoms with Crippen molar-refractivity contribution in [2.45, 2.75) is 13.5 Å². The Morgan fingerprint density at radius 1 is 1.00 bits per heavy atom. The van der Waals surface area contributed by atoms with Crippen LogP contribution in [-0.4, -0.2) is 0 Å². The number of thiophene rings is 1. The summed E-state index contributed by atoms with van der Waals surface area (Å²) in [6, 6.07) is 21.1. The summed E-state index contributed by atoms with van der Waals surface area (Å²) in [4.78, 5) is 2.66. The van der Waals surface area contributed by atoms with Gasteiger partial charge in [0.2, 0.25) is 0 Å². The predicted octanol–water partition coefficient (Wildman–Crippen LogP) is 6.10. The fourth-order valence-corrected chi connectivity index (χ4v) is 3.84. The Labute approximate surface area is 137 Å². The SMILES string of the molecule is Cc1sc(CNc2ccccc2-c2ccccc2)cc1Br. The standard InChI is InChI=1S/C18H16BrNS/c1-13-17(19)11-15(21-13)12-20-18-10-6-5-9-16(18)14-7-3-2-4-8-14/h2-11,20H,12H2,1H3. The highest BCUT2D eigenvalue weighted by Crippen LogP contribution is 2.30. The third-order valence-corrected chi connectivity index (χ3v) is 5.51. The van der Waals surface area contributed by atoms with Gasteiger partial charge >= 0.3 is 0 Å². The zero-order valence-electron chi connectivity index (χ0n) is 11.8. The Balaban J connectivity index is 1.83. The number of para-hydroxylation sites is 1. The van der Waals surface area contributed by atoms with Crippen LogP contribution >= 0.6 is 27.3 Å². The van der Waals surface area contributed by atoms with Crippen LogP contribution in [0, 0.1) is 6.92 Å². The molecule has 0 unspecified atom stereocenters. The molecule has 0 radical (unpaired) electrons. The van der Waals surface area contributed by atoms with Crippen molar-refractivity contribution >= 4 is 33.0 Å². The lowest BCUT2D eigenvalue weighted by molar-refractivity contribution is 1.19. The van der Waals surface area contributed by atoms with Gasteiger partial charge in [-0.25, -0.2) is 0 Å². The molecule has 0 amide bonds. The molecule has 0 saturated carbocycles. The Morgan fingerprint density at radius 2 is 1.71 bits per heavy atom. The lowest BCUT2D eigenvalue weighted by Crippen LogP contribution is -1.99. The summed E-state index contributed by atoms with van der Waals surface area (Å²) in [5.74, 6) is 0. The largest absolute Gasteiger partial charge is 0.380 e. The smallest absolute Gasteiger partial charge is 0.0494 e. The van der Waals surface area contributed by atoms with Crippen molar-refractivity contribution in [1.82, 2.24) is 0 Å². The first-order valence-corrected chi connectivity index (χ1v) is 8.48. The molecular formula is C18H16BrNS. The minimum atomic E-state index is 0.848. The van der Waals surface area contributed by atoms with Gasteiger partial charge in [-0.2, -0.15) is 0 Å². The van der Waals surface area contributed by atoms with Crippen molar-refractivity contribution < 1.29 is 0 Å². The van der Waals surface area contributed by atoms with Crippen LogP contribution in [0.15, 0.2) is 65.1 Å². The van der Waals surface area contributed by atoms with Crippen molar-refractivity contribution in [2.75, 3.05) is 5.32 Å². The first-order chi connectivity index (χ1) is 10.2. The zero-order chi connectivity index (χ0) is 14.7. The molecule has 0 bridgehead atoms. The van der Waals surface area contributed by atoms with Crippen LogP contribution in [0.4, 0.5) is 5.69 Å². The summed E-state index contributed by atoms with van der Waals surface area (Å²) in [6.45, 7) is 2.98. The van der Waals surface area contributed by atoms with Gasteiger partial charge in [0.1, 0.15) is 0 Å². The van der Waals surface area contributed by atoms with E-state index in [1.165, 1.54) is 31.0 Å². The van der Waals surface area contributed by atoms with E-state index in [1.54, 1.807) is 0 Å². The van der Waals surface area contributed by atoms with Crippen LogP contribution in [0.3, 0.4) is 0 Å². The highest BCUT2D eigenvalue weighted by molar-refractivity contribution is 9.10. The number of halogens is 1. The summed E-state index contributed by atoms with van der Waals surface area (Å²) in [7, 11) is 0. The topological polar surface area (TPSA) is 12.0 Å². The number of benzene rings is 2. The zero-order valence-corrected chi connectivity index (χ0v) is 14.2. The van der Waals surface area contributed by atoms with Crippen LogP contribution in [0.5, 0.6) is 0 Å². The summed E-state index contributed by atoms with van der Waals surface area (Å²) in [5, 5.41) is 3.56. The third kappa shape index (κ3) is 3.36. The lowest BCUT2D eigenvalue weighted by Gasteiger charge is -2.11. The van der Waals surface area contributed by atoms with Crippen LogP contribution in [-0.2, 0) is 6.54 Å². The van der Waals surface area contributed by atoms with Crippen LogP contribution < -0.4 is 5.32 Å². The van der Waals surface area contributed by atoms with E-state index < -0.39 is 0 Å². The highest BCUT2D eigenvalue weighted by atomic mass is 79.9. The van der Waals surface area contributed by atoms with Gasteiger partial charge < -0.3 is 5.32 Å². The highest BCUT2D eigenvalue weighted by Gasteiger charge is 2.06. The van der Waals surface area contributed by atoms with Crippen molar-refractivity contribution in [3.05, 3.63) is 74.9 Å². The lowest BCUT2D eigenvalue weighted by atomic mass is 10.0. The first kappa shape index (κ1) is 14.4. The van der Waals surface area contributed by atoms with Crippen molar-refractivity contribution in [1.29, 1.82) is 0 Å². The summed E-state index contributed by atoms with van der Waals surface area (Å²) < 4.78 is 1.20. The second-order valence-electron chi connectivity index (χ2n) is 4.88. The molecule has 0 saturated heterocycles. The van der Waals surface area contributed by atoms with Gasteiger partial charge in [-0.1, -0.05) is 48.5 Å². The molecule has 1 nitrogen and oxygen atoms in total. The van der Waals surface area contributed by atoms with Gasteiger partial charge in [-0.05, 0) is 40.5 Å². The molecule has 3 heteroatoms. The molecule has 0 fully saturated rings. The fraction of sp³-hybridized carbons (Fsp3) is 0.111. The normalized spacial score (nSPS) is 10.6. The number of rotatable bonds is 4. The maximum Gasteiger partial charge on any atom is 0.0494 e. The number of anilines is 1. The van der Waals surface area contributed by atoms with Gasteiger partial charge in [-0.15, -0.1) is 11.3 Å². The molecule has 21 heavy (non-hydrogen) atoms. The van der Waals surface area contributed by atoms with Gasteiger partial charge in [-0.3, -0.25) is 0 Å². The number of nitrogens with one attached hydrogen (secondary N) is 1. The predicted molar refractivity (Wildman–Crippen MR) is 96.0 cm³/mol. The molecular weight excluding hydrogens is 342 g/mol. The Kier molecular flexibility index (Phi) is 4.42. The second-order valence-corrected chi connectivity index (χ2v) is 7.08. The second kappa shape index (κ2) is 6.46. The molecule has 0 aliphatic carbocycles. The van der Waals surface area contributed by atoms with Gasteiger partial charge in [0.05, 0.1) is 0 Å². The van der Waals surface area contributed by atoms with Gasteiger partial charge in [0.15, 0.2) is 0 Å². The van der Waals surface area contributed by atoms with E-state index in [9.17, 15) is 0 Å². The molecule has 1 heterocycles. The maximum atomic E-state index is 3.58. The fourth-order valence-electron chi connectivity index (χ4n) is 2.29. The van der Waals surface area contributed by atoms with E-state index in [1.807, 2.05) is 17.4 Å². The van der Waals surface area contributed by atoms with Crippen LogP contribution in [0.2, 0.25) is 0 Å². The number of aryl methyl sites for hydroxylation is 1. The number of hydrogen-bond donors (Lipinski definition) is 1. The minimum absolute atomic E-state index is 0.848. The van der Waals surface area contributed by atoms with E-state index in [0.29, 0.717) is 0 Å². The maximum absolute atomic E-state index is 3.58. The molecule has 1 N–H and O–H groups in total. The Bertz CT molecular complexity index is 714. The van der Waals surface area contributed by atoms with Crippen LogP contribution in [0.25, 0.3) is 11.1 Å². The first-order valence-electron chi connectivity index (χ1n) is 6.87. The molecule has 1 aromatic heterocycles. The van der Waals surface area contributed by atoms with E-state index in [4.69, 9.17) is 0 Å². The van der Waals surface area contributed by atoms with Crippen molar-refractivity contribution in [3.8, 4) is 11.1 Å².